The maximum atomic E-state index is 12.8. The summed E-state index contributed by atoms with van der Waals surface area (Å²) in [7, 11) is 0. The van der Waals surface area contributed by atoms with Crippen LogP contribution in [0.5, 0.6) is 0 Å². The van der Waals surface area contributed by atoms with E-state index in [9.17, 15) is 14.4 Å². The van der Waals surface area contributed by atoms with Gasteiger partial charge >= 0.3 is 17.9 Å². The van der Waals surface area contributed by atoms with E-state index in [1.165, 1.54) is 161 Å². The van der Waals surface area contributed by atoms with Gasteiger partial charge in [0.1, 0.15) is 13.2 Å². The van der Waals surface area contributed by atoms with Crippen LogP contribution in [0.1, 0.15) is 284 Å². The summed E-state index contributed by atoms with van der Waals surface area (Å²) in [5, 5.41) is 0. The summed E-state index contributed by atoms with van der Waals surface area (Å²) in [6.45, 7) is 6.50. The van der Waals surface area contributed by atoms with Crippen molar-refractivity contribution in [2.45, 2.75) is 290 Å². The molecule has 0 heterocycles. The Morgan fingerprint density at radius 2 is 0.591 bits per heavy atom. The molecule has 0 radical (unpaired) electrons. The molecule has 0 aromatic carbocycles. The van der Waals surface area contributed by atoms with Gasteiger partial charge in [0, 0.05) is 19.3 Å². The second-order valence-electron chi connectivity index (χ2n) is 18.8. The van der Waals surface area contributed by atoms with E-state index in [2.05, 4.69) is 81.5 Å². The average Bonchev–Trinajstić information content (AvgIpc) is 3.31. The molecular weight excluding hydrogens is 817 g/mol. The lowest BCUT2D eigenvalue weighted by Gasteiger charge is -2.18. The Balaban J connectivity index is 4.37. The molecule has 0 N–H and O–H groups in total. The predicted molar refractivity (Wildman–Crippen MR) is 284 cm³/mol. The number of esters is 3. The van der Waals surface area contributed by atoms with E-state index in [4.69, 9.17) is 14.2 Å². The Morgan fingerprint density at radius 1 is 0.318 bits per heavy atom. The van der Waals surface area contributed by atoms with Crippen molar-refractivity contribution in [1.82, 2.24) is 0 Å². The standard InChI is InChI=1S/C60H106O6/c1-4-7-10-13-16-19-22-24-26-28-29-30-32-33-35-38-41-44-47-50-53-59(62)65-56-57(55-64-58(61)52-49-46-43-40-37-21-18-15-12-9-6-3)66-60(63)54-51-48-45-42-39-36-34-31-27-25-23-20-17-14-11-8-5-2/h8,11,17,20,25,27,34,36,42,45,57H,4-7,9-10,12-16,18-19,21-24,26,28-33,35,37-41,43-44,46-56H2,1-3H3/b11-8-,20-17-,27-25-,36-34-,45-42-. The van der Waals surface area contributed by atoms with E-state index >= 15 is 0 Å². The van der Waals surface area contributed by atoms with Gasteiger partial charge in [0.05, 0.1) is 0 Å². The fourth-order valence-electron chi connectivity index (χ4n) is 8.07. The molecule has 66 heavy (non-hydrogen) atoms. The van der Waals surface area contributed by atoms with Crippen LogP contribution < -0.4 is 0 Å². The summed E-state index contributed by atoms with van der Waals surface area (Å²) >= 11 is 0. The topological polar surface area (TPSA) is 78.9 Å². The number of unbranched alkanes of at least 4 members (excludes halogenated alkanes) is 30. The fraction of sp³-hybridized carbons (Fsp3) is 0.783. The van der Waals surface area contributed by atoms with Crippen LogP contribution in [0, 0.1) is 0 Å². The van der Waals surface area contributed by atoms with Crippen molar-refractivity contribution in [3.05, 3.63) is 60.8 Å². The van der Waals surface area contributed by atoms with Crippen molar-refractivity contribution in [2.24, 2.45) is 0 Å². The second-order valence-corrected chi connectivity index (χ2v) is 18.8. The van der Waals surface area contributed by atoms with E-state index in [-0.39, 0.29) is 37.5 Å². The van der Waals surface area contributed by atoms with E-state index in [1.807, 2.05) is 0 Å². The van der Waals surface area contributed by atoms with Crippen LogP contribution in [0.25, 0.3) is 0 Å². The van der Waals surface area contributed by atoms with Gasteiger partial charge in [-0.25, -0.2) is 0 Å². The molecule has 6 nitrogen and oxygen atoms in total. The number of carbonyl (C=O) groups is 3. The minimum atomic E-state index is -0.800. The number of carbonyl (C=O) groups excluding carboxylic acids is 3. The number of ether oxygens (including phenoxy) is 3. The monoisotopic (exact) mass is 923 g/mol. The Kier molecular flexibility index (Phi) is 52.3. The summed E-state index contributed by atoms with van der Waals surface area (Å²) < 4.78 is 16.8. The largest absolute Gasteiger partial charge is 0.462 e. The molecule has 1 atom stereocenters. The van der Waals surface area contributed by atoms with Crippen molar-refractivity contribution in [3.63, 3.8) is 0 Å². The van der Waals surface area contributed by atoms with Crippen LogP contribution >= 0.6 is 0 Å². The van der Waals surface area contributed by atoms with Gasteiger partial charge in [-0.05, 0) is 57.8 Å². The fourth-order valence-corrected chi connectivity index (χ4v) is 8.07. The molecule has 0 aliphatic rings. The van der Waals surface area contributed by atoms with Gasteiger partial charge in [0.15, 0.2) is 6.10 Å². The molecule has 0 aromatic rings. The third-order valence-corrected chi connectivity index (χ3v) is 12.3. The van der Waals surface area contributed by atoms with Crippen molar-refractivity contribution in [1.29, 1.82) is 0 Å². The molecule has 0 rings (SSSR count). The predicted octanol–water partition coefficient (Wildman–Crippen LogP) is 18.8. The minimum absolute atomic E-state index is 0.0930. The summed E-state index contributed by atoms with van der Waals surface area (Å²) in [5.41, 5.74) is 0. The van der Waals surface area contributed by atoms with Crippen LogP contribution in [-0.4, -0.2) is 37.2 Å². The summed E-state index contributed by atoms with van der Waals surface area (Å²) in [6.07, 6.45) is 67.9. The van der Waals surface area contributed by atoms with Gasteiger partial charge in [-0.15, -0.1) is 0 Å². The van der Waals surface area contributed by atoms with Crippen molar-refractivity contribution in [2.75, 3.05) is 13.2 Å². The molecule has 0 aliphatic carbocycles. The lowest BCUT2D eigenvalue weighted by atomic mass is 10.0. The highest BCUT2D eigenvalue weighted by molar-refractivity contribution is 5.71. The van der Waals surface area contributed by atoms with Gasteiger partial charge < -0.3 is 14.2 Å². The molecule has 0 saturated carbocycles. The first-order valence-corrected chi connectivity index (χ1v) is 28.3. The summed E-state index contributed by atoms with van der Waals surface area (Å²) in [6, 6.07) is 0. The number of rotatable bonds is 51. The Morgan fingerprint density at radius 3 is 0.909 bits per heavy atom. The molecule has 0 saturated heterocycles. The molecular formula is C60H106O6. The van der Waals surface area contributed by atoms with Crippen LogP contribution in [0.15, 0.2) is 60.8 Å². The first-order chi connectivity index (χ1) is 32.5. The van der Waals surface area contributed by atoms with Gasteiger partial charge in [-0.1, -0.05) is 268 Å². The molecule has 382 valence electrons. The lowest BCUT2D eigenvalue weighted by molar-refractivity contribution is -0.167. The quantitative estimate of drug-likeness (QED) is 0.0262. The zero-order valence-corrected chi connectivity index (χ0v) is 43.7. The molecule has 0 fully saturated rings. The molecule has 0 aliphatic heterocycles. The third-order valence-electron chi connectivity index (χ3n) is 12.3. The van der Waals surface area contributed by atoms with Gasteiger partial charge in [-0.3, -0.25) is 14.4 Å². The highest BCUT2D eigenvalue weighted by Crippen LogP contribution is 2.16. The summed E-state index contributed by atoms with van der Waals surface area (Å²) in [5.74, 6) is -0.941. The van der Waals surface area contributed by atoms with Crippen LogP contribution in [0.4, 0.5) is 0 Å². The second kappa shape index (κ2) is 54.7. The maximum Gasteiger partial charge on any atom is 0.306 e. The highest BCUT2D eigenvalue weighted by atomic mass is 16.6. The van der Waals surface area contributed by atoms with Gasteiger partial charge in [0.2, 0.25) is 0 Å². The zero-order chi connectivity index (χ0) is 47.9. The van der Waals surface area contributed by atoms with Crippen molar-refractivity contribution >= 4 is 17.9 Å². The Bertz CT molecular complexity index is 1200. The maximum absolute atomic E-state index is 12.8. The average molecular weight is 924 g/mol. The number of hydrogen-bond acceptors (Lipinski definition) is 6. The Hall–Kier alpha value is -2.89. The van der Waals surface area contributed by atoms with Crippen LogP contribution in [0.2, 0.25) is 0 Å². The van der Waals surface area contributed by atoms with E-state index in [0.717, 1.165) is 77.0 Å². The first kappa shape index (κ1) is 63.1. The zero-order valence-electron chi connectivity index (χ0n) is 43.7. The number of hydrogen-bond donors (Lipinski definition) is 0. The minimum Gasteiger partial charge on any atom is -0.462 e. The number of allylic oxidation sites excluding steroid dienone is 10. The molecule has 0 bridgehead atoms. The molecule has 0 spiro atoms. The molecule has 1 unspecified atom stereocenters. The van der Waals surface area contributed by atoms with Crippen molar-refractivity contribution in [3.8, 4) is 0 Å². The van der Waals surface area contributed by atoms with Gasteiger partial charge in [0.25, 0.3) is 0 Å². The lowest BCUT2D eigenvalue weighted by Crippen LogP contribution is -2.30. The Labute approximate surface area is 409 Å². The molecule has 0 aromatic heterocycles. The summed E-state index contributed by atoms with van der Waals surface area (Å²) in [4.78, 5) is 38.0. The first-order valence-electron chi connectivity index (χ1n) is 28.3. The third kappa shape index (κ3) is 52.1. The molecule has 0 amide bonds. The highest BCUT2D eigenvalue weighted by Gasteiger charge is 2.19. The normalized spacial score (nSPS) is 12.5. The van der Waals surface area contributed by atoms with Gasteiger partial charge in [-0.2, -0.15) is 0 Å². The molecule has 6 heteroatoms. The van der Waals surface area contributed by atoms with E-state index < -0.39 is 6.10 Å². The SMILES string of the molecule is CC/C=C\C/C=C\C/C=C\C/C=C\C/C=C\CCCC(=O)OC(COC(=O)CCCCCCCCCCCCC)COC(=O)CCCCCCCCCCCCCCCCCCCCCC. The smallest absolute Gasteiger partial charge is 0.306 e. The van der Waals surface area contributed by atoms with E-state index in [0.29, 0.717) is 19.3 Å². The van der Waals surface area contributed by atoms with Crippen molar-refractivity contribution < 1.29 is 28.6 Å². The van der Waals surface area contributed by atoms with Crippen LogP contribution in [0.3, 0.4) is 0 Å². The van der Waals surface area contributed by atoms with Crippen LogP contribution in [-0.2, 0) is 28.6 Å². The van der Waals surface area contributed by atoms with E-state index in [1.54, 1.807) is 0 Å².